The molecule has 19 heavy (non-hydrogen) atoms. The Bertz CT molecular complexity index is 438. The average molecular weight is 264 g/mol. The predicted molar refractivity (Wildman–Crippen MR) is 74.6 cm³/mol. The highest BCUT2D eigenvalue weighted by atomic mass is 16.5. The molecule has 1 amide bonds. The second-order valence-corrected chi connectivity index (χ2v) is 4.53. The van der Waals surface area contributed by atoms with E-state index in [9.17, 15) is 4.79 Å². The molecule has 1 saturated heterocycles. The molecule has 1 fully saturated rings. The summed E-state index contributed by atoms with van der Waals surface area (Å²) in [5.74, 6) is 0. The van der Waals surface area contributed by atoms with Gasteiger partial charge in [-0.1, -0.05) is 0 Å². The fourth-order valence-corrected chi connectivity index (χ4v) is 2.24. The van der Waals surface area contributed by atoms with Gasteiger partial charge < -0.3 is 20.3 Å². The van der Waals surface area contributed by atoms with Crippen molar-refractivity contribution < 1.29 is 9.53 Å². The summed E-state index contributed by atoms with van der Waals surface area (Å²) in [7, 11) is 1.38. The van der Waals surface area contributed by atoms with E-state index >= 15 is 0 Å². The Hall–Kier alpha value is -1.98. The van der Waals surface area contributed by atoms with Gasteiger partial charge in [-0.15, -0.1) is 0 Å². The van der Waals surface area contributed by atoms with Crippen LogP contribution in [0.5, 0.6) is 0 Å². The molecule has 104 valence electrons. The van der Waals surface area contributed by atoms with Crippen LogP contribution in [0.1, 0.15) is 13.3 Å². The molecule has 2 heterocycles. The molecule has 2 N–H and O–H groups in total. The normalized spacial score (nSPS) is 18.2. The molecule has 6 heteroatoms. The molecule has 0 saturated carbocycles. The molecule has 0 radical (unpaired) electrons. The van der Waals surface area contributed by atoms with Crippen LogP contribution in [0.3, 0.4) is 0 Å². The third kappa shape index (κ3) is 3.49. The number of methoxy groups -OCH3 is 1. The zero-order valence-corrected chi connectivity index (χ0v) is 11.3. The molecule has 1 aromatic rings. The SMILES string of the molecule is CCNc1cncc(N2CCC(NC(=O)OC)C2)c1. The van der Waals surface area contributed by atoms with Gasteiger partial charge in [-0.05, 0) is 19.4 Å². The molecule has 0 bridgehead atoms. The van der Waals surface area contributed by atoms with Crippen LogP contribution in [0.4, 0.5) is 16.2 Å². The Labute approximate surface area is 113 Å². The van der Waals surface area contributed by atoms with Crippen molar-refractivity contribution in [2.24, 2.45) is 0 Å². The Morgan fingerprint density at radius 2 is 2.42 bits per heavy atom. The number of hydrogen-bond donors (Lipinski definition) is 2. The Balaban J connectivity index is 1.96. The van der Waals surface area contributed by atoms with Gasteiger partial charge in [0.2, 0.25) is 0 Å². The van der Waals surface area contributed by atoms with E-state index in [0.29, 0.717) is 0 Å². The molecular weight excluding hydrogens is 244 g/mol. The van der Waals surface area contributed by atoms with Crippen molar-refractivity contribution in [3.05, 3.63) is 18.5 Å². The molecule has 1 unspecified atom stereocenters. The number of hydrogen-bond acceptors (Lipinski definition) is 5. The minimum atomic E-state index is -0.369. The fraction of sp³-hybridized carbons (Fsp3) is 0.538. The largest absolute Gasteiger partial charge is 0.453 e. The molecule has 1 aliphatic heterocycles. The van der Waals surface area contributed by atoms with Crippen LogP contribution in [0, 0.1) is 0 Å². The number of amides is 1. The van der Waals surface area contributed by atoms with Crippen molar-refractivity contribution in [3.8, 4) is 0 Å². The summed E-state index contributed by atoms with van der Waals surface area (Å²) in [6, 6.07) is 2.21. The standard InChI is InChI=1S/C13H20N4O2/c1-3-15-11-6-12(8-14-7-11)17-5-4-10(9-17)16-13(18)19-2/h6-8,10,15H,3-5,9H2,1-2H3,(H,16,18). The van der Waals surface area contributed by atoms with E-state index < -0.39 is 0 Å². The second-order valence-electron chi connectivity index (χ2n) is 4.53. The number of aromatic nitrogens is 1. The van der Waals surface area contributed by atoms with Gasteiger partial charge in [-0.3, -0.25) is 4.98 Å². The van der Waals surface area contributed by atoms with Crippen molar-refractivity contribution in [1.29, 1.82) is 0 Å². The lowest BCUT2D eigenvalue weighted by Crippen LogP contribution is -2.36. The Morgan fingerprint density at radius 3 is 3.16 bits per heavy atom. The summed E-state index contributed by atoms with van der Waals surface area (Å²) < 4.78 is 4.61. The van der Waals surface area contributed by atoms with Crippen LogP contribution >= 0.6 is 0 Å². The summed E-state index contributed by atoms with van der Waals surface area (Å²) in [4.78, 5) is 17.6. The lowest BCUT2D eigenvalue weighted by atomic mass is 10.3. The molecule has 6 nitrogen and oxygen atoms in total. The van der Waals surface area contributed by atoms with Crippen LogP contribution < -0.4 is 15.5 Å². The van der Waals surface area contributed by atoms with Crippen LogP contribution in [-0.2, 0) is 4.74 Å². The van der Waals surface area contributed by atoms with Gasteiger partial charge in [-0.2, -0.15) is 0 Å². The zero-order valence-electron chi connectivity index (χ0n) is 11.3. The number of alkyl carbamates (subject to hydrolysis) is 1. The Morgan fingerprint density at radius 1 is 1.58 bits per heavy atom. The highest BCUT2D eigenvalue weighted by Crippen LogP contribution is 2.22. The van der Waals surface area contributed by atoms with Crippen LogP contribution in [0.25, 0.3) is 0 Å². The first-order valence-electron chi connectivity index (χ1n) is 6.51. The third-order valence-electron chi connectivity index (χ3n) is 3.17. The fourth-order valence-electron chi connectivity index (χ4n) is 2.24. The van der Waals surface area contributed by atoms with E-state index in [1.165, 1.54) is 7.11 Å². The van der Waals surface area contributed by atoms with Crippen molar-refractivity contribution in [2.75, 3.05) is 37.0 Å². The van der Waals surface area contributed by atoms with Gasteiger partial charge in [0.1, 0.15) is 0 Å². The summed E-state index contributed by atoms with van der Waals surface area (Å²) in [6.07, 6.45) is 4.21. The number of nitrogens with one attached hydrogen (secondary N) is 2. The monoisotopic (exact) mass is 264 g/mol. The zero-order chi connectivity index (χ0) is 13.7. The van der Waals surface area contributed by atoms with Gasteiger partial charge in [0, 0.05) is 19.6 Å². The van der Waals surface area contributed by atoms with Gasteiger partial charge in [0.25, 0.3) is 0 Å². The van der Waals surface area contributed by atoms with E-state index in [0.717, 1.165) is 37.4 Å². The minimum Gasteiger partial charge on any atom is -0.453 e. The van der Waals surface area contributed by atoms with Crippen molar-refractivity contribution in [1.82, 2.24) is 10.3 Å². The van der Waals surface area contributed by atoms with E-state index in [-0.39, 0.29) is 12.1 Å². The predicted octanol–water partition coefficient (Wildman–Crippen LogP) is 1.45. The van der Waals surface area contributed by atoms with E-state index in [2.05, 4.69) is 38.2 Å². The highest BCUT2D eigenvalue weighted by molar-refractivity contribution is 5.67. The lowest BCUT2D eigenvalue weighted by molar-refractivity contribution is 0.167. The molecule has 1 atom stereocenters. The minimum absolute atomic E-state index is 0.134. The number of ether oxygens (including phenoxy) is 1. The quantitative estimate of drug-likeness (QED) is 0.861. The molecule has 0 aromatic carbocycles. The van der Waals surface area contributed by atoms with Crippen molar-refractivity contribution in [3.63, 3.8) is 0 Å². The summed E-state index contributed by atoms with van der Waals surface area (Å²) in [6.45, 7) is 4.62. The smallest absolute Gasteiger partial charge is 0.407 e. The maximum atomic E-state index is 11.2. The molecule has 1 aromatic heterocycles. The maximum Gasteiger partial charge on any atom is 0.407 e. The number of rotatable bonds is 4. The maximum absolute atomic E-state index is 11.2. The second kappa shape index (κ2) is 6.26. The molecular formula is C13H20N4O2. The number of anilines is 2. The lowest BCUT2D eigenvalue weighted by Gasteiger charge is -2.19. The molecule has 0 spiro atoms. The van der Waals surface area contributed by atoms with Gasteiger partial charge in [0.15, 0.2) is 0 Å². The number of nitrogens with zero attached hydrogens (tertiary/aromatic N) is 2. The van der Waals surface area contributed by atoms with Crippen molar-refractivity contribution in [2.45, 2.75) is 19.4 Å². The number of carbonyl (C=O) groups excluding carboxylic acids is 1. The topological polar surface area (TPSA) is 66.5 Å². The van der Waals surface area contributed by atoms with Crippen molar-refractivity contribution >= 4 is 17.5 Å². The average Bonchev–Trinajstić information content (AvgIpc) is 2.88. The molecule has 1 aliphatic rings. The van der Waals surface area contributed by atoms with E-state index in [1.807, 2.05) is 12.4 Å². The first-order valence-corrected chi connectivity index (χ1v) is 6.51. The molecule has 0 aliphatic carbocycles. The van der Waals surface area contributed by atoms with Crippen LogP contribution in [0.2, 0.25) is 0 Å². The van der Waals surface area contributed by atoms with Gasteiger partial charge >= 0.3 is 6.09 Å². The van der Waals surface area contributed by atoms with Crippen LogP contribution in [0.15, 0.2) is 18.5 Å². The van der Waals surface area contributed by atoms with Crippen LogP contribution in [-0.4, -0.2) is 43.9 Å². The van der Waals surface area contributed by atoms with Gasteiger partial charge in [-0.25, -0.2) is 4.79 Å². The first kappa shape index (κ1) is 13.5. The number of pyridine rings is 1. The van der Waals surface area contributed by atoms with Gasteiger partial charge in [0.05, 0.1) is 36.9 Å². The highest BCUT2D eigenvalue weighted by Gasteiger charge is 2.24. The Kier molecular flexibility index (Phi) is 4.43. The first-order chi connectivity index (χ1) is 9.22. The third-order valence-corrected chi connectivity index (χ3v) is 3.17. The molecule has 2 rings (SSSR count). The summed E-state index contributed by atoms with van der Waals surface area (Å²) in [5.41, 5.74) is 2.09. The van der Waals surface area contributed by atoms with E-state index in [4.69, 9.17) is 0 Å². The summed E-state index contributed by atoms with van der Waals surface area (Å²) in [5, 5.41) is 6.07. The number of carbonyl (C=O) groups is 1. The summed E-state index contributed by atoms with van der Waals surface area (Å²) >= 11 is 0. The van der Waals surface area contributed by atoms with E-state index in [1.54, 1.807) is 0 Å².